The summed E-state index contributed by atoms with van der Waals surface area (Å²) in [6, 6.07) is 3.99. The van der Waals surface area contributed by atoms with Gasteiger partial charge in [0.05, 0.1) is 17.1 Å². The van der Waals surface area contributed by atoms with E-state index in [-0.39, 0.29) is 29.2 Å². The number of carboxylic acids is 1. The summed E-state index contributed by atoms with van der Waals surface area (Å²) in [5.74, 6) is 2.85. The molecule has 36 heavy (non-hydrogen) atoms. The molecule has 1 aliphatic heterocycles. The number of carbonyl (C=O) groups is 2. The van der Waals surface area contributed by atoms with Crippen LogP contribution in [0.15, 0.2) is 17.2 Å². The second kappa shape index (κ2) is 8.62. The monoisotopic (exact) mass is 513 g/mol. The van der Waals surface area contributed by atoms with E-state index in [4.69, 9.17) is 4.98 Å². The Morgan fingerprint density at radius 1 is 1.22 bits per heavy atom. The summed E-state index contributed by atoms with van der Waals surface area (Å²) in [5.41, 5.74) is -0.0530. The van der Waals surface area contributed by atoms with E-state index in [1.165, 1.54) is 0 Å². The number of piperidine rings is 1. The number of pyridine rings is 1. The van der Waals surface area contributed by atoms with Crippen molar-refractivity contribution in [2.75, 3.05) is 23.7 Å². The highest BCUT2D eigenvalue weighted by Gasteiger charge is 2.69. The van der Waals surface area contributed by atoms with Crippen LogP contribution in [0.3, 0.4) is 0 Å². The first-order valence-electron chi connectivity index (χ1n) is 13.7. The van der Waals surface area contributed by atoms with Gasteiger partial charge in [-0.05, 0) is 86.0 Å². The lowest BCUT2D eigenvalue weighted by Gasteiger charge is -2.58. The molecule has 5 aliphatic carbocycles. The fourth-order valence-electron chi connectivity index (χ4n) is 8.26. The van der Waals surface area contributed by atoms with Crippen LogP contribution in [-0.4, -0.2) is 57.6 Å². The van der Waals surface area contributed by atoms with Gasteiger partial charge in [0, 0.05) is 24.5 Å². The molecule has 196 valence electrons. The number of thioether (sulfide) groups is 1. The number of carboxylic acid groups (broad SMARTS) is 1. The molecule has 1 amide bonds. The maximum atomic E-state index is 13.6. The van der Waals surface area contributed by atoms with Gasteiger partial charge in [-0.1, -0.05) is 20.8 Å². The van der Waals surface area contributed by atoms with Crippen molar-refractivity contribution in [2.24, 2.45) is 40.9 Å². The molecule has 7 rings (SSSR count). The van der Waals surface area contributed by atoms with E-state index in [1.54, 1.807) is 11.8 Å². The third-order valence-electron chi connectivity index (χ3n) is 9.95. The number of nitrogens with zero attached hydrogens (tertiary/aromatic N) is 2. The topological polar surface area (TPSA) is 103 Å². The van der Waals surface area contributed by atoms with Crippen LogP contribution >= 0.6 is 11.8 Å². The van der Waals surface area contributed by atoms with Gasteiger partial charge in [-0.2, -0.15) is 0 Å². The largest absolute Gasteiger partial charge is 0.481 e. The number of anilines is 1. The predicted octanol–water partition coefficient (Wildman–Crippen LogP) is 4.05. The zero-order chi connectivity index (χ0) is 25.4. The molecule has 2 heterocycles. The molecule has 5 saturated carbocycles. The molecule has 0 aromatic carbocycles. The zero-order valence-electron chi connectivity index (χ0n) is 21.6. The molecule has 6 fully saturated rings. The normalized spacial score (nSPS) is 40.0. The maximum absolute atomic E-state index is 13.6. The van der Waals surface area contributed by atoms with Gasteiger partial charge in [0.25, 0.3) is 5.91 Å². The van der Waals surface area contributed by atoms with Gasteiger partial charge in [0.2, 0.25) is 0 Å². The highest BCUT2D eigenvalue weighted by molar-refractivity contribution is 7.99. The van der Waals surface area contributed by atoms with E-state index in [9.17, 15) is 19.8 Å². The van der Waals surface area contributed by atoms with Crippen molar-refractivity contribution < 1.29 is 19.8 Å². The maximum Gasteiger partial charge on any atom is 0.307 e. The Kier molecular flexibility index (Phi) is 5.87. The highest BCUT2D eigenvalue weighted by Crippen LogP contribution is 2.63. The molecule has 6 aliphatic rings. The van der Waals surface area contributed by atoms with Crippen LogP contribution in [0.4, 0.5) is 5.82 Å². The molecular weight excluding hydrogens is 474 g/mol. The molecule has 1 aromatic heterocycles. The van der Waals surface area contributed by atoms with Crippen molar-refractivity contribution in [3.05, 3.63) is 17.7 Å². The SMILES string of the molecule is CC(C)CCSc1nc(N2C[C@H]3[C@H](C(=O)O)[C@@]3(C)C2)ccc1C(=O)N[C@H]1C2CC3CC1C[C@@](O)(C3)C2. The summed E-state index contributed by atoms with van der Waals surface area (Å²) >= 11 is 1.65. The second-order valence-corrected chi connectivity index (χ2v) is 14.1. The van der Waals surface area contributed by atoms with Gasteiger partial charge in [0.1, 0.15) is 10.8 Å². The minimum Gasteiger partial charge on any atom is -0.481 e. The highest BCUT2D eigenvalue weighted by atomic mass is 32.2. The van der Waals surface area contributed by atoms with Crippen molar-refractivity contribution in [1.82, 2.24) is 10.3 Å². The van der Waals surface area contributed by atoms with Gasteiger partial charge in [-0.15, -0.1) is 11.8 Å². The minimum absolute atomic E-state index is 0.0484. The van der Waals surface area contributed by atoms with E-state index >= 15 is 0 Å². The molecule has 7 nitrogen and oxygen atoms in total. The summed E-state index contributed by atoms with van der Waals surface area (Å²) in [7, 11) is 0. The Balaban J connectivity index is 1.19. The minimum atomic E-state index is -0.691. The number of fused-ring (bicyclic) bond motifs is 1. The number of hydrogen-bond donors (Lipinski definition) is 3. The summed E-state index contributed by atoms with van der Waals surface area (Å²) in [6.07, 6.45) is 5.84. The molecule has 4 bridgehead atoms. The van der Waals surface area contributed by atoms with Crippen LogP contribution in [0, 0.1) is 40.9 Å². The van der Waals surface area contributed by atoms with Crippen molar-refractivity contribution in [2.45, 2.75) is 76.0 Å². The van der Waals surface area contributed by atoms with Crippen LogP contribution in [0.25, 0.3) is 0 Å². The molecule has 0 radical (unpaired) electrons. The van der Waals surface area contributed by atoms with E-state index in [0.717, 1.165) is 55.1 Å². The van der Waals surface area contributed by atoms with Gasteiger partial charge < -0.3 is 20.4 Å². The van der Waals surface area contributed by atoms with Crippen LogP contribution in [0.1, 0.15) is 69.7 Å². The molecular formula is C28H39N3O4S. The Hall–Kier alpha value is -1.80. The summed E-state index contributed by atoms with van der Waals surface area (Å²) in [5, 5.41) is 24.6. The number of aliphatic carboxylic acids is 1. The third kappa shape index (κ3) is 4.12. The van der Waals surface area contributed by atoms with E-state index in [2.05, 4.69) is 31.0 Å². The molecule has 1 saturated heterocycles. The van der Waals surface area contributed by atoms with Crippen molar-refractivity contribution >= 4 is 29.5 Å². The molecule has 5 atom stereocenters. The van der Waals surface area contributed by atoms with E-state index in [0.29, 0.717) is 42.3 Å². The summed E-state index contributed by atoms with van der Waals surface area (Å²) in [6.45, 7) is 7.87. The Morgan fingerprint density at radius 2 is 1.94 bits per heavy atom. The number of hydrogen-bond acceptors (Lipinski definition) is 6. The Bertz CT molecular complexity index is 1060. The van der Waals surface area contributed by atoms with Gasteiger partial charge in [0.15, 0.2) is 0 Å². The molecule has 3 N–H and O–H groups in total. The molecule has 1 aromatic rings. The number of aromatic nitrogens is 1. The first-order valence-corrected chi connectivity index (χ1v) is 14.7. The first-order chi connectivity index (χ1) is 17.1. The Morgan fingerprint density at radius 3 is 2.53 bits per heavy atom. The molecule has 0 spiro atoms. The number of rotatable bonds is 8. The first kappa shape index (κ1) is 24.5. The number of nitrogens with one attached hydrogen (secondary N) is 1. The smallest absolute Gasteiger partial charge is 0.307 e. The van der Waals surface area contributed by atoms with Crippen LogP contribution < -0.4 is 10.2 Å². The zero-order valence-corrected chi connectivity index (χ0v) is 22.4. The molecule has 8 heteroatoms. The van der Waals surface area contributed by atoms with Gasteiger partial charge in [-0.25, -0.2) is 4.98 Å². The van der Waals surface area contributed by atoms with Crippen LogP contribution in [-0.2, 0) is 4.79 Å². The average Bonchev–Trinajstić information content (AvgIpc) is 3.21. The lowest BCUT2D eigenvalue weighted by Crippen LogP contribution is -2.61. The lowest BCUT2D eigenvalue weighted by atomic mass is 9.52. The summed E-state index contributed by atoms with van der Waals surface area (Å²) in [4.78, 5) is 32.3. The Labute approximate surface area is 217 Å². The van der Waals surface area contributed by atoms with E-state index < -0.39 is 11.6 Å². The van der Waals surface area contributed by atoms with Crippen molar-refractivity contribution in [3.8, 4) is 0 Å². The lowest BCUT2D eigenvalue weighted by molar-refractivity contribution is -0.139. The second-order valence-electron chi connectivity index (χ2n) is 13.1. The molecule has 2 unspecified atom stereocenters. The fourth-order valence-corrected chi connectivity index (χ4v) is 9.52. The third-order valence-corrected chi connectivity index (χ3v) is 11.0. The quantitative estimate of drug-likeness (QED) is 0.451. The fraction of sp³-hybridized carbons (Fsp3) is 0.750. The predicted molar refractivity (Wildman–Crippen MR) is 139 cm³/mol. The van der Waals surface area contributed by atoms with Crippen molar-refractivity contribution in [3.63, 3.8) is 0 Å². The van der Waals surface area contributed by atoms with Gasteiger partial charge >= 0.3 is 5.97 Å². The van der Waals surface area contributed by atoms with Gasteiger partial charge in [-0.3, -0.25) is 9.59 Å². The number of amides is 1. The van der Waals surface area contributed by atoms with Crippen molar-refractivity contribution in [1.29, 1.82) is 0 Å². The standard InChI is InChI=1S/C28H39N3O4S/c1-15(2)6-7-36-25-19(4-5-21(29-25)31-13-20-22(26(33)34)27(20,3)14-31)24(32)30-23-17-8-16-9-18(23)12-28(35,10-16)11-17/h4-5,15-18,20,22-23,35H,6-14H2,1-3H3,(H,30,32)(H,33,34)/t16?,17?,18?,20-,22+,23-,27-,28+/m0/s1. The van der Waals surface area contributed by atoms with E-state index in [1.807, 2.05) is 12.1 Å². The number of carbonyl (C=O) groups excluding carboxylic acids is 1. The summed E-state index contributed by atoms with van der Waals surface area (Å²) < 4.78 is 0. The average molecular weight is 514 g/mol. The number of aliphatic hydroxyl groups is 1. The van der Waals surface area contributed by atoms with Crippen LogP contribution in [0.5, 0.6) is 0 Å². The van der Waals surface area contributed by atoms with Crippen LogP contribution in [0.2, 0.25) is 0 Å².